The van der Waals surface area contributed by atoms with Crippen LogP contribution in [0.3, 0.4) is 0 Å². The van der Waals surface area contributed by atoms with Crippen molar-refractivity contribution < 1.29 is 14.3 Å². The van der Waals surface area contributed by atoms with Crippen LogP contribution in [-0.4, -0.2) is 25.5 Å². The van der Waals surface area contributed by atoms with Crippen LogP contribution in [0, 0.1) is 6.92 Å². The van der Waals surface area contributed by atoms with E-state index < -0.39 is 0 Å². The molecule has 1 N–H and O–H groups in total. The molecule has 1 aliphatic rings. The Morgan fingerprint density at radius 2 is 2.08 bits per heavy atom. The maximum absolute atomic E-state index is 12.2. The van der Waals surface area contributed by atoms with E-state index in [9.17, 15) is 9.59 Å². The van der Waals surface area contributed by atoms with Gasteiger partial charge in [0, 0.05) is 30.4 Å². The van der Waals surface area contributed by atoms with Crippen molar-refractivity contribution >= 4 is 29.3 Å². The summed E-state index contributed by atoms with van der Waals surface area (Å²) >= 11 is 0. The number of hydrogen-bond donors (Lipinski definition) is 1. The van der Waals surface area contributed by atoms with Crippen LogP contribution in [0.1, 0.15) is 24.0 Å². The summed E-state index contributed by atoms with van der Waals surface area (Å²) in [6, 6.07) is 13.1. The van der Waals surface area contributed by atoms with E-state index in [4.69, 9.17) is 4.74 Å². The standard InChI is InChI=1S/C21H22N2O3/c1-15-13-17(9-10-19(15)23-12-4-7-21(23)25)22-20(24)11-8-16-5-3-6-18(14-16)26-2/h3,5-6,8-11,13-14H,4,7,12H2,1-2H3,(H,22,24). The number of rotatable bonds is 5. The van der Waals surface area contributed by atoms with Crippen molar-refractivity contribution in [1.82, 2.24) is 0 Å². The zero-order chi connectivity index (χ0) is 18.5. The van der Waals surface area contributed by atoms with Gasteiger partial charge in [-0.3, -0.25) is 9.59 Å². The predicted molar refractivity (Wildman–Crippen MR) is 103 cm³/mol. The number of hydrogen-bond acceptors (Lipinski definition) is 3. The molecule has 0 aromatic heterocycles. The predicted octanol–water partition coefficient (Wildman–Crippen LogP) is 3.78. The van der Waals surface area contributed by atoms with E-state index in [1.165, 1.54) is 6.08 Å². The molecule has 1 fully saturated rings. The van der Waals surface area contributed by atoms with Gasteiger partial charge in [0.25, 0.3) is 0 Å². The lowest BCUT2D eigenvalue weighted by Gasteiger charge is -2.19. The minimum atomic E-state index is -0.211. The second-order valence-corrected chi connectivity index (χ2v) is 6.25. The first kappa shape index (κ1) is 17.7. The fraction of sp³-hybridized carbons (Fsp3) is 0.238. The number of aryl methyl sites for hydroxylation is 1. The van der Waals surface area contributed by atoms with Crippen molar-refractivity contribution in [1.29, 1.82) is 0 Å². The number of nitrogens with one attached hydrogen (secondary N) is 1. The molecule has 0 unspecified atom stereocenters. The highest BCUT2D eigenvalue weighted by molar-refractivity contribution is 6.02. The van der Waals surface area contributed by atoms with E-state index in [0.717, 1.165) is 35.5 Å². The first-order valence-corrected chi connectivity index (χ1v) is 8.61. The summed E-state index contributed by atoms with van der Waals surface area (Å²) in [6.45, 7) is 2.71. The molecule has 0 radical (unpaired) electrons. The van der Waals surface area contributed by atoms with E-state index in [2.05, 4.69) is 5.32 Å². The Balaban J connectivity index is 1.66. The van der Waals surface area contributed by atoms with Crippen LogP contribution in [-0.2, 0) is 9.59 Å². The Kier molecular flexibility index (Phi) is 5.37. The molecule has 2 amide bonds. The number of ether oxygens (including phenoxy) is 1. The molecule has 2 aromatic carbocycles. The molecule has 0 aliphatic carbocycles. The number of carbonyl (C=O) groups excluding carboxylic acids is 2. The van der Waals surface area contributed by atoms with E-state index >= 15 is 0 Å². The Labute approximate surface area is 153 Å². The topological polar surface area (TPSA) is 58.6 Å². The third-order valence-corrected chi connectivity index (χ3v) is 4.35. The van der Waals surface area contributed by atoms with E-state index in [1.54, 1.807) is 13.2 Å². The largest absolute Gasteiger partial charge is 0.497 e. The molecule has 0 saturated carbocycles. The number of methoxy groups -OCH3 is 1. The van der Waals surface area contributed by atoms with Crippen molar-refractivity contribution in [3.8, 4) is 5.75 Å². The van der Waals surface area contributed by atoms with Crippen molar-refractivity contribution in [2.45, 2.75) is 19.8 Å². The average Bonchev–Trinajstić information content (AvgIpc) is 3.06. The first-order valence-electron chi connectivity index (χ1n) is 8.61. The molecule has 1 heterocycles. The number of benzene rings is 2. The second kappa shape index (κ2) is 7.87. The highest BCUT2D eigenvalue weighted by Gasteiger charge is 2.22. The summed E-state index contributed by atoms with van der Waals surface area (Å²) < 4.78 is 5.17. The molecule has 1 saturated heterocycles. The molecule has 5 nitrogen and oxygen atoms in total. The number of anilines is 2. The molecule has 5 heteroatoms. The summed E-state index contributed by atoms with van der Waals surface area (Å²) in [5, 5.41) is 2.85. The van der Waals surface area contributed by atoms with Crippen LogP contribution >= 0.6 is 0 Å². The van der Waals surface area contributed by atoms with Crippen LogP contribution in [0.2, 0.25) is 0 Å². The summed E-state index contributed by atoms with van der Waals surface area (Å²) in [7, 11) is 1.61. The van der Waals surface area contributed by atoms with Gasteiger partial charge in [-0.1, -0.05) is 12.1 Å². The van der Waals surface area contributed by atoms with Crippen LogP contribution in [0.4, 0.5) is 11.4 Å². The minimum Gasteiger partial charge on any atom is -0.497 e. The van der Waals surface area contributed by atoms with Gasteiger partial charge in [-0.05, 0) is 60.9 Å². The highest BCUT2D eigenvalue weighted by Crippen LogP contribution is 2.27. The van der Waals surface area contributed by atoms with Gasteiger partial charge in [0.2, 0.25) is 11.8 Å². The van der Waals surface area contributed by atoms with E-state index in [-0.39, 0.29) is 11.8 Å². The highest BCUT2D eigenvalue weighted by atomic mass is 16.5. The third-order valence-electron chi connectivity index (χ3n) is 4.35. The van der Waals surface area contributed by atoms with Crippen molar-refractivity contribution in [2.75, 3.05) is 23.9 Å². The smallest absolute Gasteiger partial charge is 0.248 e. The van der Waals surface area contributed by atoms with E-state index in [1.807, 2.05) is 54.3 Å². The Morgan fingerprint density at radius 1 is 1.23 bits per heavy atom. The van der Waals surface area contributed by atoms with Gasteiger partial charge in [-0.2, -0.15) is 0 Å². The minimum absolute atomic E-state index is 0.158. The number of amides is 2. The lowest BCUT2D eigenvalue weighted by Crippen LogP contribution is -2.24. The molecule has 1 aliphatic heterocycles. The van der Waals surface area contributed by atoms with Crippen LogP contribution < -0.4 is 15.0 Å². The summed E-state index contributed by atoms with van der Waals surface area (Å²) in [4.78, 5) is 25.9. The monoisotopic (exact) mass is 350 g/mol. The number of carbonyl (C=O) groups is 2. The molecule has 0 spiro atoms. The fourth-order valence-corrected chi connectivity index (χ4v) is 3.04. The molecule has 0 bridgehead atoms. The van der Waals surface area contributed by atoms with Gasteiger partial charge in [0.1, 0.15) is 5.75 Å². The van der Waals surface area contributed by atoms with Gasteiger partial charge in [-0.15, -0.1) is 0 Å². The fourth-order valence-electron chi connectivity index (χ4n) is 3.04. The van der Waals surface area contributed by atoms with Crippen LogP contribution in [0.5, 0.6) is 5.75 Å². The molecular formula is C21H22N2O3. The summed E-state index contributed by atoms with van der Waals surface area (Å²) in [5.41, 5.74) is 3.48. The van der Waals surface area contributed by atoms with Gasteiger partial charge >= 0.3 is 0 Å². The van der Waals surface area contributed by atoms with Crippen LogP contribution in [0.25, 0.3) is 6.08 Å². The Morgan fingerprint density at radius 3 is 2.77 bits per heavy atom. The molecule has 2 aromatic rings. The van der Waals surface area contributed by atoms with Crippen molar-refractivity contribution in [3.63, 3.8) is 0 Å². The maximum atomic E-state index is 12.2. The van der Waals surface area contributed by atoms with Crippen LogP contribution in [0.15, 0.2) is 48.5 Å². The van der Waals surface area contributed by atoms with Crippen molar-refractivity contribution in [3.05, 3.63) is 59.7 Å². The molecule has 3 rings (SSSR count). The van der Waals surface area contributed by atoms with Gasteiger partial charge < -0.3 is 15.0 Å². The second-order valence-electron chi connectivity index (χ2n) is 6.25. The Bertz CT molecular complexity index is 858. The van der Waals surface area contributed by atoms with E-state index in [0.29, 0.717) is 12.1 Å². The van der Waals surface area contributed by atoms with Gasteiger partial charge in [-0.25, -0.2) is 0 Å². The number of nitrogens with zero attached hydrogens (tertiary/aromatic N) is 1. The Hall–Kier alpha value is -3.08. The lowest BCUT2D eigenvalue weighted by atomic mass is 10.1. The zero-order valence-corrected chi connectivity index (χ0v) is 15.0. The third kappa shape index (κ3) is 4.11. The van der Waals surface area contributed by atoms with Crippen molar-refractivity contribution in [2.24, 2.45) is 0 Å². The quantitative estimate of drug-likeness (QED) is 0.835. The molecule has 134 valence electrons. The average molecular weight is 350 g/mol. The molecule has 26 heavy (non-hydrogen) atoms. The SMILES string of the molecule is COc1cccc(C=CC(=O)Nc2ccc(N3CCCC3=O)c(C)c2)c1. The maximum Gasteiger partial charge on any atom is 0.248 e. The van der Waals surface area contributed by atoms with Gasteiger partial charge in [0.15, 0.2) is 0 Å². The molecule has 0 atom stereocenters. The van der Waals surface area contributed by atoms with Gasteiger partial charge in [0.05, 0.1) is 7.11 Å². The normalized spacial score (nSPS) is 14.1. The zero-order valence-electron chi connectivity index (χ0n) is 15.0. The summed E-state index contributed by atoms with van der Waals surface area (Å²) in [5.74, 6) is 0.693. The summed E-state index contributed by atoms with van der Waals surface area (Å²) in [6.07, 6.45) is 4.73. The molecular weight excluding hydrogens is 328 g/mol. The first-order chi connectivity index (χ1) is 12.6. The lowest BCUT2D eigenvalue weighted by molar-refractivity contribution is -0.117.